The molecule has 1 aliphatic rings. The third kappa shape index (κ3) is 1.87. The predicted molar refractivity (Wildman–Crippen MR) is 87.2 cm³/mol. The Labute approximate surface area is 127 Å². The molecule has 3 N–H and O–H groups in total. The first-order chi connectivity index (χ1) is 10.7. The van der Waals surface area contributed by atoms with Crippen LogP contribution in [0.2, 0.25) is 0 Å². The van der Waals surface area contributed by atoms with Gasteiger partial charge in [0.2, 0.25) is 0 Å². The molecule has 3 aromatic rings. The predicted octanol–water partition coefficient (Wildman–Crippen LogP) is 3.33. The summed E-state index contributed by atoms with van der Waals surface area (Å²) >= 11 is 0. The van der Waals surface area contributed by atoms with E-state index in [-0.39, 0.29) is 18.1 Å². The molecular weight excluding hydrogens is 276 g/mol. The number of aromatic nitrogens is 2. The molecule has 0 fully saturated rings. The van der Waals surface area contributed by atoms with Crippen LogP contribution in [0.15, 0.2) is 60.4 Å². The van der Waals surface area contributed by atoms with Crippen molar-refractivity contribution in [3.63, 3.8) is 0 Å². The molecule has 0 spiro atoms. The number of para-hydroxylation sites is 3. The lowest BCUT2D eigenvalue weighted by Gasteiger charge is -2.18. The minimum absolute atomic E-state index is 0.160. The normalized spacial score (nSPS) is 15.1. The summed E-state index contributed by atoms with van der Waals surface area (Å²) in [6, 6.07) is 17.3. The highest BCUT2D eigenvalue weighted by Crippen LogP contribution is 2.30. The lowest BCUT2D eigenvalue weighted by atomic mass is 10.2. The molecule has 0 saturated heterocycles. The molecule has 0 radical (unpaired) electrons. The Morgan fingerprint density at radius 2 is 1.77 bits per heavy atom. The summed E-state index contributed by atoms with van der Waals surface area (Å²) in [5.74, 6) is 0.942. The Balaban J connectivity index is 1.75. The Hall–Kier alpha value is -3.08. The van der Waals surface area contributed by atoms with Crippen LogP contribution in [-0.2, 0) is 0 Å². The molecule has 0 bridgehead atoms. The van der Waals surface area contributed by atoms with Crippen molar-refractivity contribution in [1.82, 2.24) is 9.97 Å². The number of amidine groups is 1. The van der Waals surface area contributed by atoms with Gasteiger partial charge in [0.05, 0.1) is 23.2 Å². The fourth-order valence-corrected chi connectivity index (χ4v) is 2.73. The van der Waals surface area contributed by atoms with Crippen molar-refractivity contribution in [3.8, 4) is 0 Å². The van der Waals surface area contributed by atoms with Crippen LogP contribution in [-0.4, -0.2) is 27.5 Å². The quantitative estimate of drug-likeness (QED) is 0.677. The maximum absolute atomic E-state index is 10.3. The molecule has 0 saturated carbocycles. The molecule has 0 amide bonds. The molecule has 108 valence electrons. The van der Waals surface area contributed by atoms with Crippen LogP contribution in [0.1, 0.15) is 5.82 Å². The number of imidazole rings is 1. The smallest absolute Gasteiger partial charge is 0.145 e. The van der Waals surface area contributed by atoms with Crippen molar-refractivity contribution in [2.45, 2.75) is 0 Å². The highest BCUT2D eigenvalue weighted by atomic mass is 16.3. The first-order valence-electron chi connectivity index (χ1n) is 7.03. The highest BCUT2D eigenvalue weighted by molar-refractivity contribution is 6.30. The molecule has 0 aliphatic carbocycles. The van der Waals surface area contributed by atoms with Crippen molar-refractivity contribution in [2.24, 2.45) is 0 Å². The number of fused-ring (bicyclic) bond motifs is 1. The summed E-state index contributed by atoms with van der Waals surface area (Å²) < 4.78 is 0. The van der Waals surface area contributed by atoms with Crippen molar-refractivity contribution in [1.29, 1.82) is 5.41 Å². The van der Waals surface area contributed by atoms with Crippen LogP contribution in [0.3, 0.4) is 0 Å². The number of aliphatic hydroxyl groups excluding tert-OH is 1. The van der Waals surface area contributed by atoms with Gasteiger partial charge < -0.3 is 15.0 Å². The van der Waals surface area contributed by atoms with Crippen LogP contribution in [0.4, 0.5) is 5.69 Å². The summed E-state index contributed by atoms with van der Waals surface area (Å²) in [6.07, 6.45) is 0. The third-order valence-corrected chi connectivity index (χ3v) is 3.80. The summed E-state index contributed by atoms with van der Waals surface area (Å²) in [7, 11) is 0. The fraction of sp³-hybridized carbons (Fsp3) is 0.0588. The second-order valence-electron chi connectivity index (χ2n) is 5.19. The Morgan fingerprint density at radius 1 is 1.05 bits per heavy atom. The third-order valence-electron chi connectivity index (χ3n) is 3.80. The first-order valence-corrected chi connectivity index (χ1v) is 7.03. The van der Waals surface area contributed by atoms with E-state index in [9.17, 15) is 5.11 Å². The molecule has 1 aromatic heterocycles. The average Bonchev–Trinajstić information content (AvgIpc) is 3.08. The molecule has 5 nitrogen and oxygen atoms in total. The second-order valence-corrected chi connectivity index (χ2v) is 5.19. The number of H-pyrrole nitrogens is 1. The molecule has 4 rings (SSSR count). The van der Waals surface area contributed by atoms with Crippen LogP contribution in [0, 0.1) is 5.41 Å². The van der Waals surface area contributed by atoms with Crippen LogP contribution in [0.5, 0.6) is 0 Å². The summed E-state index contributed by atoms with van der Waals surface area (Å²) in [5.41, 5.74) is 3.05. The van der Waals surface area contributed by atoms with Gasteiger partial charge in [-0.05, 0) is 24.3 Å². The second kappa shape index (κ2) is 4.73. The van der Waals surface area contributed by atoms with Gasteiger partial charge in [0.25, 0.3) is 0 Å². The zero-order valence-corrected chi connectivity index (χ0v) is 11.7. The van der Waals surface area contributed by atoms with Gasteiger partial charge in [0.1, 0.15) is 17.4 Å². The van der Waals surface area contributed by atoms with Gasteiger partial charge in [0.15, 0.2) is 0 Å². The van der Waals surface area contributed by atoms with Crippen molar-refractivity contribution >= 4 is 28.1 Å². The maximum Gasteiger partial charge on any atom is 0.145 e. The molecule has 0 atom stereocenters. The van der Waals surface area contributed by atoms with E-state index in [0.717, 1.165) is 16.7 Å². The SMILES string of the molecule is N=C1C(c2nc3ccccc3[nH]2)=C(O)CN1c1ccccc1. The number of nitrogens with zero attached hydrogens (tertiary/aromatic N) is 2. The lowest BCUT2D eigenvalue weighted by Crippen LogP contribution is -2.26. The van der Waals surface area contributed by atoms with E-state index in [1.807, 2.05) is 54.6 Å². The van der Waals surface area contributed by atoms with Gasteiger partial charge in [-0.25, -0.2) is 4.98 Å². The molecule has 2 heterocycles. The van der Waals surface area contributed by atoms with Crippen LogP contribution < -0.4 is 4.90 Å². The lowest BCUT2D eigenvalue weighted by molar-refractivity contribution is 0.411. The van der Waals surface area contributed by atoms with E-state index < -0.39 is 0 Å². The fourth-order valence-electron chi connectivity index (χ4n) is 2.73. The number of rotatable bonds is 2. The van der Waals surface area contributed by atoms with E-state index in [1.165, 1.54) is 0 Å². The van der Waals surface area contributed by atoms with Gasteiger partial charge in [0, 0.05) is 5.69 Å². The maximum atomic E-state index is 10.3. The zero-order chi connectivity index (χ0) is 15.1. The number of hydrogen-bond donors (Lipinski definition) is 3. The first kappa shape index (κ1) is 12.6. The highest BCUT2D eigenvalue weighted by Gasteiger charge is 2.31. The molecule has 0 unspecified atom stereocenters. The van der Waals surface area contributed by atoms with Gasteiger partial charge in [-0.3, -0.25) is 5.41 Å². The van der Waals surface area contributed by atoms with E-state index in [1.54, 1.807) is 4.90 Å². The van der Waals surface area contributed by atoms with Crippen LogP contribution >= 0.6 is 0 Å². The topological polar surface area (TPSA) is 76.0 Å². The number of aromatic amines is 1. The van der Waals surface area contributed by atoms with Crippen molar-refractivity contribution in [2.75, 3.05) is 11.4 Å². The van der Waals surface area contributed by atoms with E-state index in [2.05, 4.69) is 9.97 Å². The van der Waals surface area contributed by atoms with Crippen molar-refractivity contribution in [3.05, 3.63) is 66.2 Å². The van der Waals surface area contributed by atoms with Gasteiger partial charge in [-0.2, -0.15) is 0 Å². The van der Waals surface area contributed by atoms with Crippen LogP contribution in [0.25, 0.3) is 16.6 Å². The van der Waals surface area contributed by atoms with Gasteiger partial charge >= 0.3 is 0 Å². The summed E-state index contributed by atoms with van der Waals surface area (Å²) in [4.78, 5) is 9.42. The molecular formula is C17H14N4O. The molecule has 5 heteroatoms. The van der Waals surface area contributed by atoms with Gasteiger partial charge in [-0.1, -0.05) is 30.3 Å². The van der Waals surface area contributed by atoms with E-state index >= 15 is 0 Å². The number of hydrogen-bond acceptors (Lipinski definition) is 3. The zero-order valence-electron chi connectivity index (χ0n) is 11.7. The standard InChI is InChI=1S/C17H14N4O/c18-16-15(17-19-12-8-4-5-9-13(12)20-17)14(22)10-21(16)11-6-2-1-3-7-11/h1-9,18,22H,10H2,(H,19,20). The van der Waals surface area contributed by atoms with E-state index in [0.29, 0.717) is 11.4 Å². The Morgan fingerprint density at radius 3 is 2.55 bits per heavy atom. The molecule has 22 heavy (non-hydrogen) atoms. The minimum Gasteiger partial charge on any atom is -0.509 e. The number of aliphatic hydroxyl groups is 1. The molecule has 1 aliphatic heterocycles. The summed E-state index contributed by atoms with van der Waals surface area (Å²) in [6.45, 7) is 0.287. The van der Waals surface area contributed by atoms with Gasteiger partial charge in [-0.15, -0.1) is 0 Å². The van der Waals surface area contributed by atoms with E-state index in [4.69, 9.17) is 5.41 Å². The largest absolute Gasteiger partial charge is 0.509 e. The summed E-state index contributed by atoms with van der Waals surface area (Å²) in [5, 5.41) is 18.7. The Bertz CT molecular complexity index is 862. The average molecular weight is 290 g/mol. The number of benzene rings is 2. The monoisotopic (exact) mass is 290 g/mol. The number of anilines is 1. The van der Waals surface area contributed by atoms with Crippen molar-refractivity contribution < 1.29 is 5.11 Å². The minimum atomic E-state index is 0.160. The Kier molecular flexibility index (Phi) is 2.72. The molecule has 2 aromatic carbocycles. The number of nitrogens with one attached hydrogen (secondary N) is 2.